The van der Waals surface area contributed by atoms with E-state index in [1.165, 1.54) is 0 Å². The summed E-state index contributed by atoms with van der Waals surface area (Å²) in [5.74, 6) is 0.111. The van der Waals surface area contributed by atoms with Gasteiger partial charge in [-0.3, -0.25) is 0 Å². The summed E-state index contributed by atoms with van der Waals surface area (Å²) in [5, 5.41) is 9.70. The molecule has 0 aliphatic heterocycles. The first-order chi connectivity index (χ1) is 6.27. The van der Waals surface area contributed by atoms with Crippen LogP contribution in [0.25, 0.3) is 0 Å². The Morgan fingerprint density at radius 1 is 1.38 bits per heavy atom. The van der Waals surface area contributed by atoms with Crippen LogP contribution in [0.2, 0.25) is 5.02 Å². The van der Waals surface area contributed by atoms with Gasteiger partial charge in [-0.15, -0.1) is 0 Å². The standard InChI is InChI=1S/C10H14ClNO/c11-10-4-2-1-3-9(10)5-8(6-12)7-13/h1-4,8,13H,5-7,12H2. The molecule has 1 atom stereocenters. The van der Waals surface area contributed by atoms with Crippen molar-refractivity contribution in [1.82, 2.24) is 0 Å². The van der Waals surface area contributed by atoms with Crippen molar-refractivity contribution >= 4 is 11.6 Å². The molecule has 0 amide bonds. The third-order valence-corrected chi connectivity index (χ3v) is 2.43. The summed E-state index contributed by atoms with van der Waals surface area (Å²) < 4.78 is 0. The van der Waals surface area contributed by atoms with Crippen LogP contribution in [0, 0.1) is 5.92 Å². The third kappa shape index (κ3) is 2.99. The summed E-state index contributed by atoms with van der Waals surface area (Å²) in [6.07, 6.45) is 0.743. The highest BCUT2D eigenvalue weighted by Crippen LogP contribution is 2.18. The van der Waals surface area contributed by atoms with Gasteiger partial charge in [-0.2, -0.15) is 0 Å². The molecule has 0 saturated heterocycles. The summed E-state index contributed by atoms with van der Waals surface area (Å²) in [6.45, 7) is 0.601. The van der Waals surface area contributed by atoms with Gasteiger partial charge in [0.2, 0.25) is 0 Å². The largest absolute Gasteiger partial charge is 0.396 e. The minimum atomic E-state index is 0.111. The highest BCUT2D eigenvalue weighted by Gasteiger charge is 2.07. The zero-order chi connectivity index (χ0) is 9.68. The van der Waals surface area contributed by atoms with E-state index in [9.17, 15) is 0 Å². The van der Waals surface area contributed by atoms with E-state index in [1.807, 2.05) is 24.3 Å². The molecule has 1 unspecified atom stereocenters. The summed E-state index contributed by atoms with van der Waals surface area (Å²) in [6, 6.07) is 7.64. The van der Waals surface area contributed by atoms with Crippen molar-refractivity contribution in [3.8, 4) is 0 Å². The van der Waals surface area contributed by atoms with Gasteiger partial charge in [0.1, 0.15) is 0 Å². The van der Waals surface area contributed by atoms with Crippen molar-refractivity contribution in [2.75, 3.05) is 13.2 Å². The normalized spacial score (nSPS) is 12.8. The zero-order valence-corrected chi connectivity index (χ0v) is 8.17. The second kappa shape index (κ2) is 5.22. The molecule has 0 spiro atoms. The van der Waals surface area contributed by atoms with E-state index in [1.54, 1.807) is 0 Å². The van der Waals surface area contributed by atoms with Crippen molar-refractivity contribution in [1.29, 1.82) is 0 Å². The number of nitrogens with two attached hydrogens (primary N) is 1. The Hall–Kier alpha value is -0.570. The molecule has 1 aromatic rings. The van der Waals surface area contributed by atoms with Crippen LogP contribution in [0.15, 0.2) is 24.3 Å². The van der Waals surface area contributed by atoms with Gasteiger partial charge in [-0.25, -0.2) is 0 Å². The second-order valence-corrected chi connectivity index (χ2v) is 3.49. The number of rotatable bonds is 4. The molecule has 3 N–H and O–H groups in total. The lowest BCUT2D eigenvalue weighted by molar-refractivity contribution is 0.230. The number of benzene rings is 1. The van der Waals surface area contributed by atoms with Crippen molar-refractivity contribution in [2.24, 2.45) is 11.7 Å². The Balaban J connectivity index is 2.67. The van der Waals surface area contributed by atoms with E-state index in [0.717, 1.165) is 17.0 Å². The lowest BCUT2D eigenvalue weighted by atomic mass is 10.0. The molecular formula is C10H14ClNO. The maximum absolute atomic E-state index is 8.96. The number of aliphatic hydroxyl groups is 1. The van der Waals surface area contributed by atoms with Crippen LogP contribution in [-0.4, -0.2) is 18.3 Å². The highest BCUT2D eigenvalue weighted by molar-refractivity contribution is 6.31. The quantitative estimate of drug-likeness (QED) is 0.771. The molecule has 0 saturated carbocycles. The third-order valence-electron chi connectivity index (χ3n) is 2.06. The van der Waals surface area contributed by atoms with Gasteiger partial charge in [-0.1, -0.05) is 29.8 Å². The van der Waals surface area contributed by atoms with E-state index in [4.69, 9.17) is 22.4 Å². The van der Waals surface area contributed by atoms with Crippen molar-refractivity contribution in [3.05, 3.63) is 34.9 Å². The van der Waals surface area contributed by atoms with Gasteiger partial charge in [-0.05, 0) is 30.5 Å². The molecule has 1 aromatic carbocycles. The van der Waals surface area contributed by atoms with E-state index < -0.39 is 0 Å². The van der Waals surface area contributed by atoms with E-state index in [-0.39, 0.29) is 12.5 Å². The molecule has 0 aliphatic carbocycles. The minimum absolute atomic E-state index is 0.111. The van der Waals surface area contributed by atoms with Crippen molar-refractivity contribution in [2.45, 2.75) is 6.42 Å². The van der Waals surface area contributed by atoms with Crippen molar-refractivity contribution < 1.29 is 5.11 Å². The number of aliphatic hydroxyl groups excluding tert-OH is 1. The van der Waals surface area contributed by atoms with Crippen LogP contribution in [0.1, 0.15) is 5.56 Å². The first kappa shape index (κ1) is 10.5. The molecule has 0 heterocycles. The summed E-state index contributed by atoms with van der Waals surface area (Å²) in [4.78, 5) is 0. The van der Waals surface area contributed by atoms with Gasteiger partial charge in [0.15, 0.2) is 0 Å². The SMILES string of the molecule is NCC(CO)Cc1ccccc1Cl. The van der Waals surface area contributed by atoms with Gasteiger partial charge >= 0.3 is 0 Å². The van der Waals surface area contributed by atoms with E-state index >= 15 is 0 Å². The fraction of sp³-hybridized carbons (Fsp3) is 0.400. The molecule has 72 valence electrons. The minimum Gasteiger partial charge on any atom is -0.396 e. The number of halogens is 1. The average Bonchev–Trinajstić information content (AvgIpc) is 2.17. The fourth-order valence-electron chi connectivity index (χ4n) is 1.20. The molecule has 0 aromatic heterocycles. The predicted octanol–water partition coefficient (Wildman–Crippen LogP) is 1.45. The van der Waals surface area contributed by atoms with Crippen LogP contribution in [0.4, 0.5) is 0 Å². The molecule has 0 fully saturated rings. The lowest BCUT2D eigenvalue weighted by Crippen LogP contribution is -2.20. The second-order valence-electron chi connectivity index (χ2n) is 3.08. The molecule has 0 aliphatic rings. The predicted molar refractivity (Wildman–Crippen MR) is 54.8 cm³/mol. The molecule has 0 radical (unpaired) electrons. The van der Waals surface area contributed by atoms with Crippen LogP contribution in [-0.2, 0) is 6.42 Å². The Bertz CT molecular complexity index is 261. The fourth-order valence-corrected chi connectivity index (χ4v) is 1.41. The highest BCUT2D eigenvalue weighted by atomic mass is 35.5. The van der Waals surface area contributed by atoms with Crippen LogP contribution in [0.5, 0.6) is 0 Å². The van der Waals surface area contributed by atoms with E-state index in [2.05, 4.69) is 0 Å². The Morgan fingerprint density at radius 2 is 2.08 bits per heavy atom. The topological polar surface area (TPSA) is 46.2 Å². The zero-order valence-electron chi connectivity index (χ0n) is 7.41. The maximum Gasteiger partial charge on any atom is 0.0474 e. The van der Waals surface area contributed by atoms with Gasteiger partial charge in [0, 0.05) is 11.6 Å². The summed E-state index contributed by atoms with van der Waals surface area (Å²) in [7, 11) is 0. The molecule has 3 heteroatoms. The van der Waals surface area contributed by atoms with Crippen LogP contribution < -0.4 is 5.73 Å². The Labute approximate surface area is 83.3 Å². The Morgan fingerprint density at radius 3 is 2.62 bits per heavy atom. The van der Waals surface area contributed by atoms with Gasteiger partial charge in [0.05, 0.1) is 0 Å². The maximum atomic E-state index is 8.96. The summed E-state index contributed by atoms with van der Waals surface area (Å²) >= 11 is 5.96. The molecular weight excluding hydrogens is 186 g/mol. The first-order valence-electron chi connectivity index (χ1n) is 4.32. The monoisotopic (exact) mass is 199 g/mol. The van der Waals surface area contributed by atoms with Crippen LogP contribution in [0.3, 0.4) is 0 Å². The Kier molecular flexibility index (Phi) is 4.22. The average molecular weight is 200 g/mol. The molecule has 13 heavy (non-hydrogen) atoms. The number of hydrogen-bond acceptors (Lipinski definition) is 2. The first-order valence-corrected chi connectivity index (χ1v) is 4.70. The molecule has 1 rings (SSSR count). The van der Waals surface area contributed by atoms with Crippen LogP contribution >= 0.6 is 11.6 Å². The molecule has 2 nitrogen and oxygen atoms in total. The summed E-state index contributed by atoms with van der Waals surface area (Å²) in [5.41, 5.74) is 6.53. The van der Waals surface area contributed by atoms with Gasteiger partial charge < -0.3 is 10.8 Å². The number of hydrogen-bond donors (Lipinski definition) is 2. The smallest absolute Gasteiger partial charge is 0.0474 e. The molecule has 0 bridgehead atoms. The van der Waals surface area contributed by atoms with E-state index in [0.29, 0.717) is 6.54 Å². The van der Waals surface area contributed by atoms with Gasteiger partial charge in [0.25, 0.3) is 0 Å². The lowest BCUT2D eigenvalue weighted by Gasteiger charge is -2.11. The van der Waals surface area contributed by atoms with Crippen molar-refractivity contribution in [3.63, 3.8) is 0 Å².